The Labute approximate surface area is 99.1 Å². The van der Waals surface area contributed by atoms with Crippen LogP contribution >= 0.6 is 0 Å². The van der Waals surface area contributed by atoms with Gasteiger partial charge in [0.1, 0.15) is 5.75 Å². The van der Waals surface area contributed by atoms with Gasteiger partial charge in [-0.05, 0) is 43.0 Å². The molecule has 1 nitrogen and oxygen atoms in total. The van der Waals surface area contributed by atoms with Crippen molar-refractivity contribution < 1.29 is 4.74 Å². The second kappa shape index (κ2) is 7.10. The molecule has 0 unspecified atom stereocenters. The number of unbranched alkanes of at least 4 members (excludes halogenated alkanes) is 1. The molecule has 1 heteroatoms. The Morgan fingerprint density at radius 2 is 1.88 bits per heavy atom. The monoisotopic (exact) mass is 218 g/mol. The van der Waals surface area contributed by atoms with Gasteiger partial charge in [0.15, 0.2) is 0 Å². The number of allylic oxidation sites excluding steroid dienone is 2. The predicted molar refractivity (Wildman–Crippen MR) is 70.8 cm³/mol. The lowest BCUT2D eigenvalue weighted by molar-refractivity contribution is 0.309. The van der Waals surface area contributed by atoms with Gasteiger partial charge < -0.3 is 4.74 Å². The molecule has 0 fully saturated rings. The van der Waals surface area contributed by atoms with E-state index >= 15 is 0 Å². The first-order valence-electron chi connectivity index (χ1n) is 6.18. The highest BCUT2D eigenvalue weighted by molar-refractivity contribution is 5.64. The third-order valence-corrected chi connectivity index (χ3v) is 2.59. The Hall–Kier alpha value is -1.24. The Kier molecular flexibility index (Phi) is 5.69. The van der Waals surface area contributed by atoms with Gasteiger partial charge in [-0.25, -0.2) is 0 Å². The first-order chi connectivity index (χ1) is 7.77. The number of rotatable bonds is 6. The summed E-state index contributed by atoms with van der Waals surface area (Å²) in [5, 5.41) is 0. The fourth-order valence-electron chi connectivity index (χ4n) is 1.57. The summed E-state index contributed by atoms with van der Waals surface area (Å²) < 4.78 is 5.62. The molecule has 0 saturated heterocycles. The SMILES string of the molecule is CCC=C(C)c1ccc(OCCCC)cc1. The molecular formula is C15H22O. The molecule has 0 spiro atoms. The molecule has 88 valence electrons. The maximum absolute atomic E-state index is 5.62. The molecule has 0 aliphatic carbocycles. The fraction of sp³-hybridized carbons (Fsp3) is 0.467. The number of hydrogen-bond acceptors (Lipinski definition) is 1. The third kappa shape index (κ3) is 4.09. The van der Waals surface area contributed by atoms with Gasteiger partial charge in [-0.3, -0.25) is 0 Å². The highest BCUT2D eigenvalue weighted by Crippen LogP contribution is 2.18. The van der Waals surface area contributed by atoms with Gasteiger partial charge in [-0.1, -0.05) is 38.5 Å². The topological polar surface area (TPSA) is 9.23 Å². The van der Waals surface area contributed by atoms with Crippen molar-refractivity contribution >= 4 is 5.57 Å². The zero-order valence-corrected chi connectivity index (χ0v) is 10.6. The molecule has 1 rings (SSSR count). The van der Waals surface area contributed by atoms with Gasteiger partial charge >= 0.3 is 0 Å². The molecule has 0 heterocycles. The van der Waals surface area contributed by atoms with Crippen LogP contribution in [0.1, 0.15) is 45.6 Å². The Balaban J connectivity index is 2.57. The van der Waals surface area contributed by atoms with Crippen LogP contribution in [0.25, 0.3) is 5.57 Å². The second-order valence-corrected chi connectivity index (χ2v) is 4.02. The minimum Gasteiger partial charge on any atom is -0.494 e. The van der Waals surface area contributed by atoms with Gasteiger partial charge in [-0.2, -0.15) is 0 Å². The van der Waals surface area contributed by atoms with Crippen molar-refractivity contribution in [3.63, 3.8) is 0 Å². The van der Waals surface area contributed by atoms with Crippen molar-refractivity contribution in [2.45, 2.75) is 40.0 Å². The van der Waals surface area contributed by atoms with E-state index in [1.165, 1.54) is 17.6 Å². The average Bonchev–Trinajstić information content (AvgIpc) is 2.30. The molecule has 0 aliphatic rings. The first kappa shape index (κ1) is 12.8. The molecule has 0 aromatic heterocycles. The van der Waals surface area contributed by atoms with Crippen LogP contribution in [0.2, 0.25) is 0 Å². The maximum atomic E-state index is 5.62. The number of benzene rings is 1. The summed E-state index contributed by atoms with van der Waals surface area (Å²) in [5.41, 5.74) is 2.62. The van der Waals surface area contributed by atoms with E-state index in [2.05, 4.69) is 51.1 Å². The van der Waals surface area contributed by atoms with E-state index in [0.29, 0.717) is 0 Å². The van der Waals surface area contributed by atoms with Crippen molar-refractivity contribution in [2.75, 3.05) is 6.61 Å². The maximum Gasteiger partial charge on any atom is 0.119 e. The van der Waals surface area contributed by atoms with Crippen molar-refractivity contribution in [1.29, 1.82) is 0 Å². The van der Waals surface area contributed by atoms with E-state index in [-0.39, 0.29) is 0 Å². The van der Waals surface area contributed by atoms with Crippen LogP contribution in [0, 0.1) is 0 Å². The average molecular weight is 218 g/mol. The van der Waals surface area contributed by atoms with Crippen LogP contribution in [-0.4, -0.2) is 6.61 Å². The van der Waals surface area contributed by atoms with E-state index in [4.69, 9.17) is 4.74 Å². The summed E-state index contributed by atoms with van der Waals surface area (Å²) in [6.45, 7) is 7.30. The Bertz CT molecular complexity index is 322. The molecule has 0 amide bonds. The van der Waals surface area contributed by atoms with Crippen LogP contribution < -0.4 is 4.74 Å². The third-order valence-electron chi connectivity index (χ3n) is 2.59. The van der Waals surface area contributed by atoms with Gasteiger partial charge in [0.2, 0.25) is 0 Å². The molecule has 0 radical (unpaired) electrons. The zero-order chi connectivity index (χ0) is 11.8. The minimum absolute atomic E-state index is 0.819. The predicted octanol–water partition coefficient (Wildman–Crippen LogP) is 4.68. The molecule has 0 saturated carbocycles. The lowest BCUT2D eigenvalue weighted by atomic mass is 10.1. The van der Waals surface area contributed by atoms with E-state index in [1.54, 1.807) is 0 Å². The quantitative estimate of drug-likeness (QED) is 0.630. The molecule has 16 heavy (non-hydrogen) atoms. The van der Waals surface area contributed by atoms with Crippen molar-refractivity contribution in [3.05, 3.63) is 35.9 Å². The Morgan fingerprint density at radius 1 is 1.19 bits per heavy atom. The smallest absolute Gasteiger partial charge is 0.119 e. The molecule has 1 aromatic carbocycles. The second-order valence-electron chi connectivity index (χ2n) is 4.02. The summed E-state index contributed by atoms with van der Waals surface area (Å²) in [4.78, 5) is 0. The van der Waals surface area contributed by atoms with E-state index in [0.717, 1.165) is 25.2 Å². The number of hydrogen-bond donors (Lipinski definition) is 0. The summed E-state index contributed by atoms with van der Waals surface area (Å²) in [5.74, 6) is 0.974. The van der Waals surface area contributed by atoms with Crippen LogP contribution in [0.3, 0.4) is 0 Å². The van der Waals surface area contributed by atoms with Crippen LogP contribution in [0.4, 0.5) is 0 Å². The van der Waals surface area contributed by atoms with Crippen molar-refractivity contribution in [2.24, 2.45) is 0 Å². The lowest BCUT2D eigenvalue weighted by Gasteiger charge is -2.06. The highest BCUT2D eigenvalue weighted by atomic mass is 16.5. The lowest BCUT2D eigenvalue weighted by Crippen LogP contribution is -1.96. The number of ether oxygens (including phenoxy) is 1. The van der Waals surface area contributed by atoms with Gasteiger partial charge in [-0.15, -0.1) is 0 Å². The van der Waals surface area contributed by atoms with Gasteiger partial charge in [0, 0.05) is 0 Å². The van der Waals surface area contributed by atoms with Crippen LogP contribution in [-0.2, 0) is 0 Å². The Morgan fingerprint density at radius 3 is 2.44 bits per heavy atom. The summed E-state index contributed by atoms with van der Waals surface area (Å²) in [7, 11) is 0. The van der Waals surface area contributed by atoms with E-state index in [9.17, 15) is 0 Å². The molecule has 0 aliphatic heterocycles. The largest absolute Gasteiger partial charge is 0.494 e. The first-order valence-corrected chi connectivity index (χ1v) is 6.18. The minimum atomic E-state index is 0.819. The highest BCUT2D eigenvalue weighted by Gasteiger charge is 1.96. The van der Waals surface area contributed by atoms with Gasteiger partial charge in [0.25, 0.3) is 0 Å². The molecule has 1 aromatic rings. The fourth-order valence-corrected chi connectivity index (χ4v) is 1.57. The van der Waals surface area contributed by atoms with Crippen molar-refractivity contribution in [3.8, 4) is 5.75 Å². The normalized spacial score (nSPS) is 11.6. The summed E-state index contributed by atoms with van der Waals surface area (Å²) in [6.07, 6.45) is 5.63. The van der Waals surface area contributed by atoms with Crippen molar-refractivity contribution in [1.82, 2.24) is 0 Å². The molecule has 0 atom stereocenters. The van der Waals surface area contributed by atoms with Gasteiger partial charge in [0.05, 0.1) is 6.61 Å². The summed E-state index contributed by atoms with van der Waals surface area (Å²) >= 11 is 0. The van der Waals surface area contributed by atoms with E-state index in [1.807, 2.05) is 0 Å². The van der Waals surface area contributed by atoms with E-state index < -0.39 is 0 Å². The zero-order valence-electron chi connectivity index (χ0n) is 10.6. The molecular weight excluding hydrogens is 196 g/mol. The standard InChI is InChI=1S/C15H22O/c1-4-6-12-16-15-10-8-14(9-11-15)13(3)7-5-2/h7-11H,4-6,12H2,1-3H3. The van der Waals surface area contributed by atoms with Crippen LogP contribution in [0.15, 0.2) is 30.3 Å². The molecule has 0 N–H and O–H groups in total. The summed E-state index contributed by atoms with van der Waals surface area (Å²) in [6, 6.07) is 8.36. The molecule has 0 bridgehead atoms. The van der Waals surface area contributed by atoms with Crippen LogP contribution in [0.5, 0.6) is 5.75 Å².